The van der Waals surface area contributed by atoms with Gasteiger partial charge in [-0.25, -0.2) is 0 Å². The summed E-state index contributed by atoms with van der Waals surface area (Å²) < 4.78 is 47.6. The van der Waals surface area contributed by atoms with Crippen LogP contribution in [0.15, 0.2) is 41.6 Å². The van der Waals surface area contributed by atoms with Crippen molar-refractivity contribution in [3.63, 3.8) is 0 Å². The summed E-state index contributed by atoms with van der Waals surface area (Å²) in [5.41, 5.74) is 3.45. The lowest BCUT2D eigenvalue weighted by atomic mass is 9.80. The number of hydrogen-bond acceptors (Lipinski definition) is 6. The van der Waals surface area contributed by atoms with Gasteiger partial charge in [-0.1, -0.05) is 17.3 Å². The molecular weight excluding hydrogens is 425 g/mol. The molecule has 2 aromatic rings. The molecule has 5 rings (SSSR count). The summed E-state index contributed by atoms with van der Waals surface area (Å²) in [6.45, 7) is 2.24. The molecule has 32 heavy (non-hydrogen) atoms. The fourth-order valence-corrected chi connectivity index (χ4v) is 4.89. The molecule has 1 aliphatic carbocycles. The lowest BCUT2D eigenvalue weighted by Gasteiger charge is -2.43. The highest BCUT2D eigenvalue weighted by atomic mass is 19.4. The van der Waals surface area contributed by atoms with Crippen LogP contribution in [0.25, 0.3) is 0 Å². The van der Waals surface area contributed by atoms with Gasteiger partial charge in [-0.2, -0.15) is 0 Å². The molecule has 1 N–H and O–H groups in total. The molecule has 0 aromatic heterocycles. The minimum Gasteiger partial charge on any atom is -0.504 e. The Kier molecular flexibility index (Phi) is 4.96. The van der Waals surface area contributed by atoms with Gasteiger partial charge in [0.05, 0.1) is 18.7 Å². The first kappa shape index (κ1) is 20.9. The van der Waals surface area contributed by atoms with Crippen molar-refractivity contribution in [1.29, 1.82) is 0 Å². The third kappa shape index (κ3) is 3.74. The molecule has 2 heterocycles. The first-order valence-corrected chi connectivity index (χ1v) is 10.5. The summed E-state index contributed by atoms with van der Waals surface area (Å²) >= 11 is 0. The monoisotopic (exact) mass is 448 g/mol. The maximum Gasteiger partial charge on any atom is 0.573 e. The molecule has 0 amide bonds. The highest BCUT2D eigenvalue weighted by Gasteiger charge is 2.51. The molecule has 0 saturated heterocycles. The first-order valence-electron chi connectivity index (χ1n) is 10.5. The summed E-state index contributed by atoms with van der Waals surface area (Å²) in [4.78, 5) is 7.98. The molecule has 1 fully saturated rings. The Balaban J connectivity index is 1.55. The van der Waals surface area contributed by atoms with Gasteiger partial charge in [0, 0.05) is 12.6 Å². The summed E-state index contributed by atoms with van der Waals surface area (Å²) in [6, 6.07) is 9.58. The van der Waals surface area contributed by atoms with Crippen LogP contribution in [0, 0.1) is 5.92 Å². The van der Waals surface area contributed by atoms with E-state index in [1.807, 2.05) is 13.0 Å². The van der Waals surface area contributed by atoms with E-state index in [1.165, 1.54) is 19.2 Å². The predicted octanol–water partition coefficient (Wildman–Crippen LogP) is 5.08. The number of ether oxygens (including phenoxy) is 2. The highest BCUT2D eigenvalue weighted by Crippen LogP contribution is 2.55. The molecule has 3 atom stereocenters. The largest absolute Gasteiger partial charge is 0.573 e. The van der Waals surface area contributed by atoms with Crippen LogP contribution in [-0.4, -0.2) is 35.4 Å². The van der Waals surface area contributed by atoms with E-state index < -0.39 is 12.6 Å². The lowest BCUT2D eigenvalue weighted by molar-refractivity contribution is -0.274. The molecule has 1 saturated carbocycles. The van der Waals surface area contributed by atoms with E-state index in [-0.39, 0.29) is 23.5 Å². The molecular formula is C23H23F3N2O4. The van der Waals surface area contributed by atoms with E-state index in [4.69, 9.17) is 9.57 Å². The molecule has 0 radical (unpaired) electrons. The van der Waals surface area contributed by atoms with Crippen LogP contribution in [0.1, 0.15) is 48.4 Å². The van der Waals surface area contributed by atoms with Crippen molar-refractivity contribution in [3.8, 4) is 17.2 Å². The van der Waals surface area contributed by atoms with Crippen LogP contribution in [-0.2, 0) is 11.4 Å². The zero-order valence-corrected chi connectivity index (χ0v) is 17.6. The number of oxime groups is 1. The van der Waals surface area contributed by atoms with Crippen LogP contribution in [0.4, 0.5) is 13.2 Å². The quantitative estimate of drug-likeness (QED) is 0.691. The first-order chi connectivity index (χ1) is 15.2. The second-order valence-electron chi connectivity index (χ2n) is 8.51. The van der Waals surface area contributed by atoms with Crippen molar-refractivity contribution in [2.24, 2.45) is 11.1 Å². The summed E-state index contributed by atoms with van der Waals surface area (Å²) in [6.07, 6.45) is -3.08. The fraction of sp³-hybridized carbons (Fsp3) is 0.435. The number of phenolic OH excluding ortho intramolecular Hbond substituents is 1. The molecule has 170 valence electrons. The number of halogens is 3. The molecule has 2 aliphatic heterocycles. The van der Waals surface area contributed by atoms with Gasteiger partial charge in [-0.05, 0) is 66.6 Å². The fourth-order valence-electron chi connectivity index (χ4n) is 4.89. The second kappa shape index (κ2) is 7.58. The third-order valence-electron chi connectivity index (χ3n) is 6.33. The van der Waals surface area contributed by atoms with Gasteiger partial charge in [0.25, 0.3) is 0 Å². The number of nitrogens with zero attached hydrogens (tertiary/aromatic N) is 2. The van der Waals surface area contributed by atoms with E-state index in [2.05, 4.69) is 14.8 Å². The molecule has 6 nitrogen and oxygen atoms in total. The van der Waals surface area contributed by atoms with Gasteiger partial charge in [0.1, 0.15) is 5.75 Å². The molecule has 3 aliphatic rings. The van der Waals surface area contributed by atoms with E-state index >= 15 is 0 Å². The molecule has 0 unspecified atom stereocenters. The average Bonchev–Trinajstić information content (AvgIpc) is 3.48. The number of hydrogen-bond donors (Lipinski definition) is 1. The summed E-state index contributed by atoms with van der Waals surface area (Å²) in [5, 5.41) is 14.6. The molecule has 0 spiro atoms. The molecule has 9 heteroatoms. The summed E-state index contributed by atoms with van der Waals surface area (Å²) in [5.74, 6) is 0.388. The average molecular weight is 448 g/mol. The van der Waals surface area contributed by atoms with Crippen molar-refractivity contribution >= 4 is 5.71 Å². The SMILES string of the molecule is COc1cc2c(cc1O)[C@H]1C(C)=NO[C@H]1N(Cc1cccc(OC(F)(F)F)c1)[C@@H]2C1CC1. The number of alkyl halides is 3. The van der Waals surface area contributed by atoms with Crippen LogP contribution < -0.4 is 9.47 Å². The van der Waals surface area contributed by atoms with Crippen LogP contribution in [0.5, 0.6) is 17.2 Å². The van der Waals surface area contributed by atoms with Crippen LogP contribution in [0.3, 0.4) is 0 Å². The van der Waals surface area contributed by atoms with Crippen molar-refractivity contribution < 1.29 is 32.6 Å². The van der Waals surface area contributed by atoms with Crippen LogP contribution in [0.2, 0.25) is 0 Å². The van der Waals surface area contributed by atoms with E-state index in [0.717, 1.165) is 29.7 Å². The topological polar surface area (TPSA) is 63.5 Å². The minimum atomic E-state index is -4.75. The lowest BCUT2D eigenvalue weighted by Crippen LogP contribution is -2.47. The van der Waals surface area contributed by atoms with Gasteiger partial charge < -0.3 is 19.4 Å². The smallest absolute Gasteiger partial charge is 0.504 e. The van der Waals surface area contributed by atoms with Crippen molar-refractivity contribution in [2.75, 3.05) is 7.11 Å². The highest BCUT2D eigenvalue weighted by molar-refractivity contribution is 5.91. The minimum absolute atomic E-state index is 0.0333. The maximum atomic E-state index is 12.7. The summed E-state index contributed by atoms with van der Waals surface area (Å²) in [7, 11) is 1.51. The Morgan fingerprint density at radius 1 is 1.19 bits per heavy atom. The normalized spacial score (nSPS) is 24.9. The third-order valence-corrected chi connectivity index (χ3v) is 6.33. The predicted molar refractivity (Wildman–Crippen MR) is 110 cm³/mol. The standard InChI is InChI=1S/C23H23F3N2O4/c1-12-20-16-9-18(29)19(30-2)10-17(16)21(14-6-7-14)28(22(20)32-27-12)11-13-4-3-5-15(8-13)31-23(24,25)26/h3-5,8-10,14,20-22,29H,6-7,11H2,1-2H3/t20-,21-,22-/m1/s1. The van der Waals surface area contributed by atoms with Crippen LogP contribution >= 0.6 is 0 Å². The number of rotatable bonds is 5. The number of fused-ring (bicyclic) bond motifs is 3. The molecule has 0 bridgehead atoms. The zero-order valence-electron chi connectivity index (χ0n) is 17.6. The molecule has 2 aromatic carbocycles. The van der Waals surface area contributed by atoms with Crippen molar-refractivity contribution in [2.45, 2.75) is 50.9 Å². The number of aromatic hydroxyl groups is 1. The number of benzene rings is 2. The van der Waals surface area contributed by atoms with E-state index in [9.17, 15) is 18.3 Å². The van der Waals surface area contributed by atoms with E-state index in [0.29, 0.717) is 23.8 Å². The van der Waals surface area contributed by atoms with Gasteiger partial charge in [0.2, 0.25) is 0 Å². The van der Waals surface area contributed by atoms with Gasteiger partial charge in [0.15, 0.2) is 17.7 Å². The Morgan fingerprint density at radius 2 is 1.97 bits per heavy atom. The van der Waals surface area contributed by atoms with Gasteiger partial charge in [-0.15, -0.1) is 13.2 Å². The Morgan fingerprint density at radius 3 is 2.66 bits per heavy atom. The number of phenols is 1. The van der Waals surface area contributed by atoms with Gasteiger partial charge in [-0.3, -0.25) is 4.90 Å². The van der Waals surface area contributed by atoms with E-state index in [1.54, 1.807) is 18.2 Å². The Labute approximate surface area is 183 Å². The Bertz CT molecular complexity index is 1070. The Hall–Kier alpha value is -2.94. The van der Waals surface area contributed by atoms with Crippen molar-refractivity contribution in [3.05, 3.63) is 53.1 Å². The second-order valence-corrected chi connectivity index (χ2v) is 8.51. The maximum absolute atomic E-state index is 12.7. The van der Waals surface area contributed by atoms with Crippen molar-refractivity contribution in [1.82, 2.24) is 4.90 Å². The zero-order chi connectivity index (χ0) is 22.6. The number of methoxy groups -OCH3 is 1. The van der Waals surface area contributed by atoms with Gasteiger partial charge >= 0.3 is 6.36 Å².